The number of carboxylic acids is 1. The molecule has 1 heterocycles. The first kappa shape index (κ1) is 15.3. The van der Waals surface area contributed by atoms with Crippen molar-refractivity contribution in [1.29, 1.82) is 0 Å². The number of carbonyl (C=O) groups is 3. The Labute approximate surface area is 112 Å². The van der Waals surface area contributed by atoms with Crippen LogP contribution in [0.25, 0.3) is 0 Å². The molecule has 1 saturated heterocycles. The van der Waals surface area contributed by atoms with Crippen molar-refractivity contribution in [3.8, 4) is 0 Å². The van der Waals surface area contributed by atoms with E-state index in [1.54, 1.807) is 11.9 Å². The molecular weight excluding hydrogens is 250 g/mol. The molecule has 3 amide bonds. The van der Waals surface area contributed by atoms with E-state index in [-0.39, 0.29) is 12.5 Å². The summed E-state index contributed by atoms with van der Waals surface area (Å²) >= 11 is 0. The largest absolute Gasteiger partial charge is 0.480 e. The van der Waals surface area contributed by atoms with Crippen molar-refractivity contribution in [2.45, 2.75) is 32.2 Å². The minimum Gasteiger partial charge on any atom is -0.480 e. The molecule has 0 unspecified atom stereocenters. The number of urea groups is 1. The average Bonchev–Trinajstić information content (AvgIpc) is 2.37. The second-order valence-electron chi connectivity index (χ2n) is 4.72. The van der Waals surface area contributed by atoms with E-state index in [1.165, 1.54) is 4.90 Å². The predicted octanol–water partition coefficient (Wildman–Crippen LogP) is 0.113. The summed E-state index contributed by atoms with van der Waals surface area (Å²) in [6.07, 6.45) is 2.00. The Morgan fingerprint density at radius 2 is 2.11 bits per heavy atom. The van der Waals surface area contributed by atoms with Crippen LogP contribution in [0, 0.1) is 0 Å². The molecule has 0 aromatic rings. The molecule has 0 bridgehead atoms. The number of piperazine rings is 1. The number of unbranched alkanes of at least 4 members (excludes halogenated alkanes) is 1. The maximum Gasteiger partial charge on any atom is 0.326 e. The number of likely N-dealkylation sites (N-methyl/N-ethyl adjacent to an activating group) is 1. The van der Waals surface area contributed by atoms with Crippen molar-refractivity contribution in [3.05, 3.63) is 0 Å². The highest BCUT2D eigenvalue weighted by molar-refractivity contribution is 5.87. The van der Waals surface area contributed by atoms with Gasteiger partial charge in [-0.15, -0.1) is 0 Å². The molecular formula is C12H21N3O4. The maximum atomic E-state index is 11.9. The number of hydrogen-bond donors (Lipinski definition) is 2. The molecule has 7 heteroatoms. The van der Waals surface area contributed by atoms with Gasteiger partial charge in [0, 0.05) is 20.1 Å². The van der Waals surface area contributed by atoms with Crippen molar-refractivity contribution < 1.29 is 19.5 Å². The summed E-state index contributed by atoms with van der Waals surface area (Å²) in [4.78, 5) is 37.3. The number of amides is 3. The van der Waals surface area contributed by atoms with Crippen LogP contribution in [0.3, 0.4) is 0 Å². The SMILES string of the molecule is CCCC[C@H](NC(=O)N1CCN(C)C(=O)C1)C(=O)O. The number of nitrogens with zero attached hydrogens (tertiary/aromatic N) is 2. The summed E-state index contributed by atoms with van der Waals surface area (Å²) in [5.41, 5.74) is 0. The van der Waals surface area contributed by atoms with E-state index in [0.717, 1.165) is 12.8 Å². The van der Waals surface area contributed by atoms with E-state index in [9.17, 15) is 14.4 Å². The zero-order valence-electron chi connectivity index (χ0n) is 11.4. The van der Waals surface area contributed by atoms with Gasteiger partial charge in [0.25, 0.3) is 0 Å². The fourth-order valence-electron chi connectivity index (χ4n) is 1.84. The summed E-state index contributed by atoms with van der Waals surface area (Å²) < 4.78 is 0. The molecule has 1 rings (SSSR count). The molecule has 1 atom stereocenters. The third-order valence-electron chi connectivity index (χ3n) is 3.19. The van der Waals surface area contributed by atoms with Crippen molar-refractivity contribution in [3.63, 3.8) is 0 Å². The highest BCUT2D eigenvalue weighted by Crippen LogP contribution is 2.05. The highest BCUT2D eigenvalue weighted by atomic mass is 16.4. The van der Waals surface area contributed by atoms with Crippen LogP contribution in [-0.2, 0) is 9.59 Å². The first-order valence-electron chi connectivity index (χ1n) is 6.48. The molecule has 0 aromatic heterocycles. The summed E-state index contributed by atoms with van der Waals surface area (Å²) in [6.45, 7) is 2.86. The van der Waals surface area contributed by atoms with Gasteiger partial charge in [-0.05, 0) is 6.42 Å². The van der Waals surface area contributed by atoms with Crippen molar-refractivity contribution in [2.24, 2.45) is 0 Å². The van der Waals surface area contributed by atoms with Crippen LogP contribution < -0.4 is 5.32 Å². The minimum absolute atomic E-state index is 0.00243. The third-order valence-corrected chi connectivity index (χ3v) is 3.19. The lowest BCUT2D eigenvalue weighted by Gasteiger charge is -2.32. The molecule has 0 aromatic carbocycles. The number of carbonyl (C=O) groups excluding carboxylic acids is 2. The van der Waals surface area contributed by atoms with Crippen LogP contribution in [0.4, 0.5) is 4.79 Å². The Morgan fingerprint density at radius 1 is 1.42 bits per heavy atom. The van der Waals surface area contributed by atoms with Crippen molar-refractivity contribution in [2.75, 3.05) is 26.7 Å². The van der Waals surface area contributed by atoms with E-state index >= 15 is 0 Å². The summed E-state index contributed by atoms with van der Waals surface area (Å²) in [7, 11) is 1.68. The van der Waals surface area contributed by atoms with Crippen LogP contribution in [0.2, 0.25) is 0 Å². The molecule has 0 radical (unpaired) electrons. The minimum atomic E-state index is -1.04. The second kappa shape index (κ2) is 6.96. The standard InChI is InChI=1S/C12H21N3O4/c1-3-4-5-9(11(17)18)13-12(19)15-7-6-14(2)10(16)8-15/h9H,3-8H2,1-2H3,(H,13,19)(H,17,18)/t9-/m0/s1. The fourth-order valence-corrected chi connectivity index (χ4v) is 1.84. The fraction of sp³-hybridized carbons (Fsp3) is 0.750. The zero-order chi connectivity index (χ0) is 14.4. The Kier molecular flexibility index (Phi) is 5.59. The van der Waals surface area contributed by atoms with Crippen LogP contribution in [-0.4, -0.2) is 65.5 Å². The molecule has 0 saturated carbocycles. The van der Waals surface area contributed by atoms with Gasteiger partial charge in [-0.3, -0.25) is 4.79 Å². The first-order chi connectivity index (χ1) is 8.95. The van der Waals surface area contributed by atoms with E-state index in [4.69, 9.17) is 5.11 Å². The van der Waals surface area contributed by atoms with Gasteiger partial charge in [-0.25, -0.2) is 9.59 Å². The van der Waals surface area contributed by atoms with E-state index in [2.05, 4.69) is 5.32 Å². The lowest BCUT2D eigenvalue weighted by molar-refractivity contribution is -0.139. The van der Waals surface area contributed by atoms with Crippen molar-refractivity contribution >= 4 is 17.9 Å². The number of carboxylic acid groups (broad SMARTS) is 1. The molecule has 1 fully saturated rings. The number of hydrogen-bond acceptors (Lipinski definition) is 3. The van der Waals surface area contributed by atoms with Gasteiger partial charge in [-0.1, -0.05) is 19.8 Å². The van der Waals surface area contributed by atoms with Crippen molar-refractivity contribution in [1.82, 2.24) is 15.1 Å². The number of rotatable bonds is 5. The Hall–Kier alpha value is -1.79. The summed E-state index contributed by atoms with van der Waals surface area (Å²) in [5, 5.41) is 11.5. The number of nitrogens with one attached hydrogen (secondary N) is 1. The van der Waals surface area contributed by atoms with Gasteiger partial charge in [0.15, 0.2) is 0 Å². The molecule has 7 nitrogen and oxygen atoms in total. The lowest BCUT2D eigenvalue weighted by atomic mass is 10.1. The molecule has 1 aliphatic rings. The molecule has 0 spiro atoms. The van der Waals surface area contributed by atoms with E-state index < -0.39 is 18.0 Å². The second-order valence-corrected chi connectivity index (χ2v) is 4.72. The molecule has 108 valence electrons. The van der Waals surface area contributed by atoms with Gasteiger partial charge < -0.3 is 20.2 Å². The zero-order valence-corrected chi connectivity index (χ0v) is 11.4. The Morgan fingerprint density at radius 3 is 2.63 bits per heavy atom. The maximum absolute atomic E-state index is 11.9. The van der Waals surface area contributed by atoms with Crippen LogP contribution in [0.15, 0.2) is 0 Å². The number of aliphatic carboxylic acids is 1. The Balaban J connectivity index is 2.52. The van der Waals surface area contributed by atoms with Crippen LogP contribution >= 0.6 is 0 Å². The van der Waals surface area contributed by atoms with E-state index in [0.29, 0.717) is 19.5 Å². The molecule has 1 aliphatic heterocycles. The third kappa shape index (κ3) is 4.42. The monoisotopic (exact) mass is 271 g/mol. The van der Waals surface area contributed by atoms with Crippen LogP contribution in [0.5, 0.6) is 0 Å². The average molecular weight is 271 g/mol. The molecule has 2 N–H and O–H groups in total. The summed E-state index contributed by atoms with van der Waals surface area (Å²) in [6, 6.07) is -1.37. The normalized spacial score (nSPS) is 17.3. The Bertz CT molecular complexity index is 359. The summed E-state index contributed by atoms with van der Waals surface area (Å²) in [5.74, 6) is -1.18. The van der Waals surface area contributed by atoms with Gasteiger partial charge >= 0.3 is 12.0 Å². The van der Waals surface area contributed by atoms with Gasteiger partial charge in [0.05, 0.1) is 0 Å². The highest BCUT2D eigenvalue weighted by Gasteiger charge is 2.27. The predicted molar refractivity (Wildman–Crippen MR) is 68.7 cm³/mol. The van der Waals surface area contributed by atoms with Gasteiger partial charge in [0.2, 0.25) is 5.91 Å². The topological polar surface area (TPSA) is 90.0 Å². The smallest absolute Gasteiger partial charge is 0.326 e. The van der Waals surface area contributed by atoms with E-state index in [1.807, 2.05) is 6.92 Å². The van der Waals surface area contributed by atoms with Crippen LogP contribution in [0.1, 0.15) is 26.2 Å². The molecule has 19 heavy (non-hydrogen) atoms. The molecule has 0 aliphatic carbocycles. The first-order valence-corrected chi connectivity index (χ1v) is 6.48. The quantitative estimate of drug-likeness (QED) is 0.743. The van der Waals surface area contributed by atoms with Gasteiger partial charge in [-0.2, -0.15) is 0 Å². The lowest BCUT2D eigenvalue weighted by Crippen LogP contribution is -2.55. The van der Waals surface area contributed by atoms with Gasteiger partial charge in [0.1, 0.15) is 12.6 Å².